The highest BCUT2D eigenvalue weighted by molar-refractivity contribution is 6.09. The van der Waals surface area contributed by atoms with E-state index >= 15 is 0 Å². The van der Waals surface area contributed by atoms with Crippen molar-refractivity contribution in [3.63, 3.8) is 0 Å². The highest BCUT2D eigenvalue weighted by Crippen LogP contribution is 2.41. The Balaban J connectivity index is 2.99. The van der Waals surface area contributed by atoms with Gasteiger partial charge in [-0.3, -0.25) is 4.79 Å². The van der Waals surface area contributed by atoms with E-state index in [2.05, 4.69) is 13.8 Å². The summed E-state index contributed by atoms with van der Waals surface area (Å²) in [6.07, 6.45) is 0. The predicted octanol–water partition coefficient (Wildman–Crippen LogP) is 3.85. The van der Waals surface area contributed by atoms with Gasteiger partial charge < -0.3 is 19.5 Å². The van der Waals surface area contributed by atoms with E-state index in [-0.39, 0.29) is 17.9 Å². The lowest BCUT2D eigenvalue weighted by atomic mass is 9.81. The number of esters is 1. The molecule has 0 aliphatic rings. The van der Waals surface area contributed by atoms with Crippen LogP contribution in [0.5, 0.6) is 5.75 Å². The third kappa shape index (κ3) is 3.16. The Morgan fingerprint density at radius 3 is 2.38 bits per heavy atom. The molecular formula is C20H27NO5. The molecule has 0 atom stereocenters. The molecule has 142 valence electrons. The quantitative estimate of drug-likeness (QED) is 0.763. The summed E-state index contributed by atoms with van der Waals surface area (Å²) in [6.45, 7) is 11.6. The van der Waals surface area contributed by atoms with Crippen LogP contribution in [0.4, 0.5) is 0 Å². The van der Waals surface area contributed by atoms with Crippen LogP contribution in [0.3, 0.4) is 0 Å². The largest absolute Gasteiger partial charge is 0.508 e. The summed E-state index contributed by atoms with van der Waals surface area (Å²) in [5, 5.41) is 20.6. The number of phenols is 1. The number of carboxylic acid groups (broad SMARTS) is 1. The van der Waals surface area contributed by atoms with E-state index in [0.29, 0.717) is 29.1 Å². The number of nitrogens with zero attached hydrogens (tertiary/aromatic N) is 1. The zero-order chi connectivity index (χ0) is 19.8. The molecule has 0 bridgehead atoms. The van der Waals surface area contributed by atoms with Crippen molar-refractivity contribution in [1.29, 1.82) is 0 Å². The molecule has 26 heavy (non-hydrogen) atoms. The highest BCUT2D eigenvalue weighted by Gasteiger charge is 2.37. The fraction of sp³-hybridized carbons (Fsp3) is 0.500. The van der Waals surface area contributed by atoms with Crippen LogP contribution in [-0.4, -0.2) is 33.3 Å². The molecular weight excluding hydrogens is 334 g/mol. The smallest absolute Gasteiger partial charge is 0.340 e. The number of phenolic OH excluding ortho intramolecular Hbond substituents is 1. The molecule has 0 radical (unpaired) electrons. The summed E-state index contributed by atoms with van der Waals surface area (Å²) in [7, 11) is 0. The Labute approximate surface area is 153 Å². The minimum Gasteiger partial charge on any atom is -0.508 e. The first kappa shape index (κ1) is 19.8. The first-order chi connectivity index (χ1) is 12.0. The molecule has 0 aliphatic heterocycles. The van der Waals surface area contributed by atoms with E-state index in [1.54, 1.807) is 13.0 Å². The Kier molecular flexibility index (Phi) is 5.35. The van der Waals surface area contributed by atoms with E-state index in [9.17, 15) is 19.8 Å². The molecule has 1 aromatic heterocycles. The van der Waals surface area contributed by atoms with Crippen molar-refractivity contribution in [1.82, 2.24) is 4.57 Å². The molecule has 1 aromatic carbocycles. The standard InChI is InChI=1S/C20H27NO5/c1-7-26-18(23)15-12(4)21(10-11(2)3)13-8-9-14(22)17(16(13)15)20(5,6)19(24)25/h8-9,11,22H,7,10H2,1-6H3,(H,24,25). The van der Waals surface area contributed by atoms with Crippen LogP contribution in [0.2, 0.25) is 0 Å². The Bertz CT molecular complexity index is 861. The van der Waals surface area contributed by atoms with Crippen molar-refractivity contribution >= 4 is 22.8 Å². The molecule has 2 N–H and O–H groups in total. The lowest BCUT2D eigenvalue weighted by Crippen LogP contribution is -2.29. The van der Waals surface area contributed by atoms with Crippen LogP contribution in [-0.2, 0) is 21.5 Å². The van der Waals surface area contributed by atoms with Crippen LogP contribution < -0.4 is 0 Å². The van der Waals surface area contributed by atoms with E-state index in [1.807, 2.05) is 11.5 Å². The lowest BCUT2D eigenvalue weighted by Gasteiger charge is -2.23. The topological polar surface area (TPSA) is 88.8 Å². The van der Waals surface area contributed by atoms with E-state index in [1.165, 1.54) is 19.9 Å². The predicted molar refractivity (Wildman–Crippen MR) is 99.8 cm³/mol. The summed E-state index contributed by atoms with van der Waals surface area (Å²) >= 11 is 0. The number of rotatable bonds is 6. The van der Waals surface area contributed by atoms with Crippen LogP contribution in [0.1, 0.15) is 56.2 Å². The molecule has 2 aromatic rings. The van der Waals surface area contributed by atoms with Gasteiger partial charge in [0.15, 0.2) is 0 Å². The number of carbonyl (C=O) groups excluding carboxylic acids is 1. The first-order valence-electron chi connectivity index (χ1n) is 8.79. The first-order valence-corrected chi connectivity index (χ1v) is 8.79. The fourth-order valence-corrected chi connectivity index (χ4v) is 3.35. The molecule has 0 saturated carbocycles. The molecule has 2 rings (SSSR count). The van der Waals surface area contributed by atoms with E-state index in [0.717, 1.165) is 5.52 Å². The summed E-state index contributed by atoms with van der Waals surface area (Å²) in [4.78, 5) is 24.5. The SMILES string of the molecule is CCOC(=O)c1c(C)n(CC(C)C)c2ccc(O)c(C(C)(C)C(=O)O)c12. The number of aromatic hydroxyl groups is 1. The van der Waals surface area contributed by atoms with E-state index in [4.69, 9.17) is 4.74 Å². The number of ether oxygens (including phenoxy) is 1. The van der Waals surface area contributed by atoms with Gasteiger partial charge in [0.1, 0.15) is 5.75 Å². The zero-order valence-corrected chi connectivity index (χ0v) is 16.2. The number of carbonyl (C=O) groups is 2. The lowest BCUT2D eigenvalue weighted by molar-refractivity contribution is -0.142. The number of benzene rings is 1. The summed E-state index contributed by atoms with van der Waals surface area (Å²) in [5.41, 5.74) is 0.613. The second-order valence-electron chi connectivity index (χ2n) is 7.47. The van der Waals surface area contributed by atoms with Gasteiger partial charge in [-0.25, -0.2) is 4.79 Å². The van der Waals surface area contributed by atoms with Crippen molar-refractivity contribution in [2.75, 3.05) is 6.61 Å². The van der Waals surface area contributed by atoms with Gasteiger partial charge in [-0.2, -0.15) is 0 Å². The molecule has 1 heterocycles. The van der Waals surface area contributed by atoms with Crippen molar-refractivity contribution in [3.05, 3.63) is 29.0 Å². The molecule has 6 heteroatoms. The number of hydrogen-bond acceptors (Lipinski definition) is 4. The molecule has 0 saturated heterocycles. The Morgan fingerprint density at radius 2 is 1.88 bits per heavy atom. The van der Waals surface area contributed by atoms with Crippen molar-refractivity contribution in [2.45, 2.75) is 53.5 Å². The Hall–Kier alpha value is -2.50. The molecule has 0 fully saturated rings. The third-order valence-electron chi connectivity index (χ3n) is 4.66. The van der Waals surface area contributed by atoms with E-state index < -0.39 is 17.4 Å². The number of aliphatic carboxylic acids is 1. The monoisotopic (exact) mass is 361 g/mol. The summed E-state index contributed by atoms with van der Waals surface area (Å²) in [6, 6.07) is 3.22. The molecule has 0 aliphatic carbocycles. The van der Waals surface area contributed by atoms with Crippen LogP contribution >= 0.6 is 0 Å². The summed E-state index contributed by atoms with van der Waals surface area (Å²) in [5.74, 6) is -1.41. The van der Waals surface area contributed by atoms with Crippen molar-refractivity contribution < 1.29 is 24.5 Å². The zero-order valence-electron chi connectivity index (χ0n) is 16.2. The fourth-order valence-electron chi connectivity index (χ4n) is 3.35. The maximum Gasteiger partial charge on any atom is 0.340 e. The van der Waals surface area contributed by atoms with Crippen molar-refractivity contribution in [3.8, 4) is 5.75 Å². The van der Waals surface area contributed by atoms with Gasteiger partial charge in [-0.05, 0) is 45.7 Å². The van der Waals surface area contributed by atoms with Crippen LogP contribution in [0.15, 0.2) is 12.1 Å². The average Bonchev–Trinajstić information content (AvgIpc) is 2.78. The third-order valence-corrected chi connectivity index (χ3v) is 4.66. The van der Waals surface area contributed by atoms with Crippen LogP contribution in [0, 0.1) is 12.8 Å². The van der Waals surface area contributed by atoms with Crippen molar-refractivity contribution in [2.24, 2.45) is 5.92 Å². The second-order valence-corrected chi connectivity index (χ2v) is 7.47. The summed E-state index contributed by atoms with van der Waals surface area (Å²) < 4.78 is 7.22. The van der Waals surface area contributed by atoms with Gasteiger partial charge in [0, 0.05) is 28.7 Å². The number of fused-ring (bicyclic) bond motifs is 1. The van der Waals surface area contributed by atoms with Crippen LogP contribution in [0.25, 0.3) is 10.9 Å². The van der Waals surface area contributed by atoms with Gasteiger partial charge in [0.25, 0.3) is 0 Å². The highest BCUT2D eigenvalue weighted by atomic mass is 16.5. The van der Waals surface area contributed by atoms with Gasteiger partial charge >= 0.3 is 11.9 Å². The maximum absolute atomic E-state index is 12.7. The van der Waals surface area contributed by atoms with Gasteiger partial charge in [0.05, 0.1) is 17.6 Å². The van der Waals surface area contributed by atoms with Gasteiger partial charge in [-0.15, -0.1) is 0 Å². The normalized spacial score (nSPS) is 12.0. The second kappa shape index (κ2) is 7.02. The minimum absolute atomic E-state index is 0.142. The van der Waals surface area contributed by atoms with Gasteiger partial charge in [0.2, 0.25) is 0 Å². The number of aromatic nitrogens is 1. The number of hydrogen-bond donors (Lipinski definition) is 2. The maximum atomic E-state index is 12.7. The Morgan fingerprint density at radius 1 is 1.27 bits per heavy atom. The molecule has 0 amide bonds. The number of carboxylic acids is 1. The minimum atomic E-state index is -1.37. The molecule has 0 spiro atoms. The molecule has 0 unspecified atom stereocenters. The molecule has 6 nitrogen and oxygen atoms in total. The van der Waals surface area contributed by atoms with Gasteiger partial charge in [-0.1, -0.05) is 13.8 Å². The average molecular weight is 361 g/mol.